The Balaban J connectivity index is 1.95. The zero-order valence-corrected chi connectivity index (χ0v) is 11.4. The number of allylic oxidation sites excluding steroid dienone is 1. The van der Waals surface area contributed by atoms with E-state index in [2.05, 4.69) is 0 Å². The summed E-state index contributed by atoms with van der Waals surface area (Å²) >= 11 is 0. The number of para-hydroxylation sites is 1. The molecule has 2 nitrogen and oxygen atoms in total. The van der Waals surface area contributed by atoms with Gasteiger partial charge in [-0.1, -0.05) is 60.7 Å². The van der Waals surface area contributed by atoms with Crippen molar-refractivity contribution in [3.05, 3.63) is 83.9 Å². The second-order valence-corrected chi connectivity index (χ2v) is 4.78. The van der Waals surface area contributed by atoms with Crippen molar-refractivity contribution in [3.8, 4) is 5.75 Å². The molecular formula is C19H14O2. The largest absolute Gasteiger partial charge is 0.507 e. The first-order valence-corrected chi connectivity index (χ1v) is 6.74. The molecule has 0 aliphatic rings. The molecule has 21 heavy (non-hydrogen) atoms. The Labute approximate surface area is 123 Å². The van der Waals surface area contributed by atoms with Gasteiger partial charge in [-0.05, 0) is 34.5 Å². The monoisotopic (exact) mass is 274 g/mol. The van der Waals surface area contributed by atoms with Crippen LogP contribution in [0.1, 0.15) is 15.9 Å². The third-order valence-corrected chi connectivity index (χ3v) is 3.41. The van der Waals surface area contributed by atoms with E-state index in [0.717, 1.165) is 16.3 Å². The number of phenols is 1. The second kappa shape index (κ2) is 5.63. The molecule has 0 aliphatic carbocycles. The molecule has 0 saturated heterocycles. The molecule has 0 fully saturated rings. The number of ketones is 1. The normalized spacial score (nSPS) is 11.0. The zero-order valence-electron chi connectivity index (χ0n) is 11.4. The first-order valence-electron chi connectivity index (χ1n) is 6.74. The van der Waals surface area contributed by atoms with Crippen LogP contribution in [0.5, 0.6) is 5.75 Å². The Morgan fingerprint density at radius 3 is 2.43 bits per heavy atom. The van der Waals surface area contributed by atoms with Gasteiger partial charge in [0.05, 0.1) is 5.56 Å². The lowest BCUT2D eigenvalue weighted by Gasteiger charge is -2.02. The number of hydrogen-bond donors (Lipinski definition) is 1. The number of carbonyl (C=O) groups excluding carboxylic acids is 1. The Morgan fingerprint density at radius 2 is 1.57 bits per heavy atom. The number of hydrogen-bond acceptors (Lipinski definition) is 2. The number of phenolic OH excluding ortho intramolecular Hbond substituents is 1. The fourth-order valence-corrected chi connectivity index (χ4v) is 2.33. The molecule has 0 saturated carbocycles. The van der Waals surface area contributed by atoms with E-state index in [9.17, 15) is 9.90 Å². The first kappa shape index (κ1) is 13.1. The van der Waals surface area contributed by atoms with Crippen LogP contribution in [0, 0.1) is 0 Å². The Morgan fingerprint density at radius 1 is 0.857 bits per heavy atom. The van der Waals surface area contributed by atoms with Crippen LogP contribution in [-0.4, -0.2) is 10.9 Å². The molecule has 0 heterocycles. The van der Waals surface area contributed by atoms with Crippen molar-refractivity contribution in [2.75, 3.05) is 0 Å². The molecule has 0 amide bonds. The highest BCUT2D eigenvalue weighted by Crippen LogP contribution is 2.21. The molecule has 0 bridgehead atoms. The van der Waals surface area contributed by atoms with E-state index in [1.165, 1.54) is 12.1 Å². The standard InChI is InChI=1S/C19H14O2/c20-18-11-4-3-10-17(18)19(21)13-12-15-8-5-7-14-6-1-2-9-16(14)15/h1-13,20H/b13-12+. The third-order valence-electron chi connectivity index (χ3n) is 3.41. The summed E-state index contributed by atoms with van der Waals surface area (Å²) in [6, 6.07) is 20.6. The van der Waals surface area contributed by atoms with E-state index in [4.69, 9.17) is 0 Å². The van der Waals surface area contributed by atoms with Crippen molar-refractivity contribution in [1.29, 1.82) is 0 Å². The van der Waals surface area contributed by atoms with Gasteiger partial charge < -0.3 is 5.11 Å². The molecule has 0 spiro atoms. The second-order valence-electron chi connectivity index (χ2n) is 4.78. The van der Waals surface area contributed by atoms with Crippen LogP contribution >= 0.6 is 0 Å². The maximum absolute atomic E-state index is 12.1. The number of fused-ring (bicyclic) bond motifs is 1. The lowest BCUT2D eigenvalue weighted by atomic mass is 10.0. The van der Waals surface area contributed by atoms with E-state index in [-0.39, 0.29) is 11.5 Å². The van der Waals surface area contributed by atoms with Crippen LogP contribution in [0.3, 0.4) is 0 Å². The molecule has 3 aromatic carbocycles. The highest BCUT2D eigenvalue weighted by molar-refractivity contribution is 6.09. The van der Waals surface area contributed by atoms with Crippen LogP contribution in [0.4, 0.5) is 0 Å². The van der Waals surface area contributed by atoms with Gasteiger partial charge in [0.1, 0.15) is 5.75 Å². The molecule has 0 unspecified atom stereocenters. The van der Waals surface area contributed by atoms with Crippen LogP contribution < -0.4 is 0 Å². The van der Waals surface area contributed by atoms with E-state index in [0.29, 0.717) is 5.56 Å². The molecule has 1 N–H and O–H groups in total. The minimum atomic E-state index is -0.207. The van der Waals surface area contributed by atoms with Crippen molar-refractivity contribution < 1.29 is 9.90 Å². The Kier molecular flexibility index (Phi) is 3.52. The summed E-state index contributed by atoms with van der Waals surface area (Å²) in [4.78, 5) is 12.1. The van der Waals surface area contributed by atoms with Crippen molar-refractivity contribution in [2.45, 2.75) is 0 Å². The van der Waals surface area contributed by atoms with Crippen molar-refractivity contribution in [2.24, 2.45) is 0 Å². The molecule has 0 aromatic heterocycles. The molecule has 3 aromatic rings. The maximum atomic E-state index is 12.1. The maximum Gasteiger partial charge on any atom is 0.189 e. The SMILES string of the molecule is O=C(/C=C/c1cccc2ccccc12)c1ccccc1O. The Hall–Kier alpha value is -2.87. The minimum absolute atomic E-state index is 0.00469. The first-order chi connectivity index (χ1) is 10.3. The predicted molar refractivity (Wildman–Crippen MR) is 85.4 cm³/mol. The topological polar surface area (TPSA) is 37.3 Å². The fourth-order valence-electron chi connectivity index (χ4n) is 2.33. The van der Waals surface area contributed by atoms with Gasteiger partial charge in [0.25, 0.3) is 0 Å². The highest BCUT2D eigenvalue weighted by Gasteiger charge is 2.06. The van der Waals surface area contributed by atoms with Crippen LogP contribution in [-0.2, 0) is 0 Å². The third kappa shape index (κ3) is 2.70. The molecule has 0 radical (unpaired) electrons. The summed E-state index contributed by atoms with van der Waals surface area (Å²) in [5, 5.41) is 11.9. The lowest BCUT2D eigenvalue weighted by Crippen LogP contribution is -1.94. The van der Waals surface area contributed by atoms with Gasteiger partial charge in [-0.15, -0.1) is 0 Å². The quantitative estimate of drug-likeness (QED) is 0.566. The summed E-state index contributed by atoms with van der Waals surface area (Å²) in [5.41, 5.74) is 1.30. The van der Waals surface area contributed by atoms with Crippen LogP contribution in [0.25, 0.3) is 16.8 Å². The summed E-state index contributed by atoms with van der Waals surface area (Å²) in [7, 11) is 0. The van der Waals surface area contributed by atoms with E-state index >= 15 is 0 Å². The predicted octanol–water partition coefficient (Wildman–Crippen LogP) is 4.44. The molecule has 3 rings (SSSR count). The van der Waals surface area contributed by atoms with Gasteiger partial charge in [-0.3, -0.25) is 4.79 Å². The van der Waals surface area contributed by atoms with E-state index < -0.39 is 0 Å². The number of aromatic hydroxyl groups is 1. The molecular weight excluding hydrogens is 260 g/mol. The van der Waals surface area contributed by atoms with E-state index in [1.54, 1.807) is 24.3 Å². The van der Waals surface area contributed by atoms with Gasteiger partial charge in [0, 0.05) is 0 Å². The summed E-state index contributed by atoms with van der Waals surface area (Å²) in [6.07, 6.45) is 3.29. The zero-order chi connectivity index (χ0) is 14.7. The summed E-state index contributed by atoms with van der Waals surface area (Å²) in [6.45, 7) is 0. The number of rotatable bonds is 3. The van der Waals surface area contributed by atoms with Gasteiger partial charge in [0.2, 0.25) is 0 Å². The minimum Gasteiger partial charge on any atom is -0.507 e. The van der Waals surface area contributed by atoms with Crippen molar-refractivity contribution in [3.63, 3.8) is 0 Å². The molecule has 102 valence electrons. The van der Waals surface area contributed by atoms with Crippen molar-refractivity contribution >= 4 is 22.6 Å². The van der Waals surface area contributed by atoms with Gasteiger partial charge >= 0.3 is 0 Å². The lowest BCUT2D eigenvalue weighted by molar-refractivity contribution is 0.104. The summed E-state index contributed by atoms with van der Waals surface area (Å²) < 4.78 is 0. The molecule has 2 heteroatoms. The van der Waals surface area contributed by atoms with Gasteiger partial charge in [-0.25, -0.2) is 0 Å². The van der Waals surface area contributed by atoms with Gasteiger partial charge in [0.15, 0.2) is 5.78 Å². The Bertz CT molecular complexity index is 826. The van der Waals surface area contributed by atoms with Gasteiger partial charge in [-0.2, -0.15) is 0 Å². The van der Waals surface area contributed by atoms with Crippen molar-refractivity contribution in [1.82, 2.24) is 0 Å². The highest BCUT2D eigenvalue weighted by atomic mass is 16.3. The average molecular weight is 274 g/mol. The van der Waals surface area contributed by atoms with E-state index in [1.807, 2.05) is 42.5 Å². The molecule has 0 aliphatic heterocycles. The molecule has 0 atom stereocenters. The van der Waals surface area contributed by atoms with Crippen LogP contribution in [0.15, 0.2) is 72.8 Å². The average Bonchev–Trinajstić information content (AvgIpc) is 2.53. The number of carbonyl (C=O) groups is 1. The fraction of sp³-hybridized carbons (Fsp3) is 0. The van der Waals surface area contributed by atoms with Crippen LogP contribution in [0.2, 0.25) is 0 Å². The summed E-state index contributed by atoms with van der Waals surface area (Å²) in [5.74, 6) is -0.203. The smallest absolute Gasteiger partial charge is 0.189 e. The number of benzene rings is 3.